The van der Waals surface area contributed by atoms with Gasteiger partial charge in [0.25, 0.3) is 5.91 Å². The van der Waals surface area contributed by atoms with E-state index in [0.29, 0.717) is 18.8 Å². The number of aryl methyl sites for hydroxylation is 2. The molecular weight excluding hydrogens is 456 g/mol. The van der Waals surface area contributed by atoms with Crippen LogP contribution in [0.5, 0.6) is 0 Å². The zero-order valence-electron chi connectivity index (χ0n) is 20.1. The van der Waals surface area contributed by atoms with Crippen LogP contribution in [0.4, 0.5) is 0 Å². The minimum Gasteiger partial charge on any atom is -0.350 e. The van der Waals surface area contributed by atoms with E-state index in [2.05, 4.69) is 5.32 Å². The third kappa shape index (κ3) is 4.39. The normalized spacial score (nSPS) is 17.3. The highest BCUT2D eigenvalue weighted by atomic mass is 32.1. The van der Waals surface area contributed by atoms with Gasteiger partial charge in [0, 0.05) is 13.1 Å². The molecule has 1 atom stereocenters. The van der Waals surface area contributed by atoms with E-state index in [0.717, 1.165) is 27.3 Å². The van der Waals surface area contributed by atoms with Gasteiger partial charge in [-0.05, 0) is 55.0 Å². The smallest absolute Gasteiger partial charge is 0.273 e. The molecule has 0 saturated carbocycles. The molecule has 4 aromatic rings. The first-order valence-electron chi connectivity index (χ1n) is 11.7. The standard InChI is InChI=1S/C28H28N4O2S/c1-19-10-12-21(13-11-19)16-29-27(34)28(3)18-32-24(15-23(30-32)25-9-6-14-35-25)26(33)31(28)17-22-8-5-4-7-20(22)2/h4-15H,16-18H2,1-3H3,(H,29,34). The lowest BCUT2D eigenvalue weighted by molar-refractivity contribution is -0.133. The van der Waals surface area contributed by atoms with E-state index < -0.39 is 5.54 Å². The van der Waals surface area contributed by atoms with Gasteiger partial charge in [-0.3, -0.25) is 14.3 Å². The Morgan fingerprint density at radius 2 is 1.86 bits per heavy atom. The summed E-state index contributed by atoms with van der Waals surface area (Å²) in [5.41, 5.74) is 4.44. The SMILES string of the molecule is Cc1ccc(CNC(=O)C2(C)Cn3nc(-c4cccs4)cc3C(=O)N2Cc2ccccc2C)cc1. The highest BCUT2D eigenvalue weighted by Gasteiger charge is 2.48. The molecule has 5 rings (SSSR count). The first-order chi connectivity index (χ1) is 16.8. The first-order valence-corrected chi connectivity index (χ1v) is 12.6. The van der Waals surface area contributed by atoms with Gasteiger partial charge in [-0.25, -0.2) is 0 Å². The molecule has 178 valence electrons. The Balaban J connectivity index is 1.49. The fourth-order valence-corrected chi connectivity index (χ4v) is 5.15. The number of carbonyl (C=O) groups is 2. The van der Waals surface area contributed by atoms with E-state index >= 15 is 0 Å². The Hall–Kier alpha value is -3.71. The number of nitrogens with one attached hydrogen (secondary N) is 1. The van der Waals surface area contributed by atoms with Crippen molar-refractivity contribution in [1.29, 1.82) is 0 Å². The zero-order chi connectivity index (χ0) is 24.6. The summed E-state index contributed by atoms with van der Waals surface area (Å²) in [5, 5.41) is 9.77. The first kappa shape index (κ1) is 23.1. The number of hydrogen-bond acceptors (Lipinski definition) is 4. The molecule has 6 nitrogen and oxygen atoms in total. The minimum absolute atomic E-state index is 0.192. The van der Waals surface area contributed by atoms with Gasteiger partial charge in [0.15, 0.2) is 0 Å². The van der Waals surface area contributed by atoms with Gasteiger partial charge in [-0.15, -0.1) is 11.3 Å². The number of fused-ring (bicyclic) bond motifs is 1. The number of thiophene rings is 1. The zero-order valence-corrected chi connectivity index (χ0v) is 20.9. The number of rotatable bonds is 6. The van der Waals surface area contributed by atoms with Crippen molar-refractivity contribution in [2.24, 2.45) is 0 Å². The molecule has 2 aromatic heterocycles. The largest absolute Gasteiger partial charge is 0.350 e. The second kappa shape index (κ2) is 9.15. The van der Waals surface area contributed by atoms with Crippen molar-refractivity contribution in [2.45, 2.75) is 45.9 Å². The summed E-state index contributed by atoms with van der Waals surface area (Å²) in [6.07, 6.45) is 0. The molecular formula is C28H28N4O2S. The average molecular weight is 485 g/mol. The summed E-state index contributed by atoms with van der Waals surface area (Å²) in [6, 6.07) is 21.8. The van der Waals surface area contributed by atoms with Crippen molar-refractivity contribution in [3.05, 3.63) is 100 Å². The molecule has 1 aliphatic heterocycles. The molecule has 7 heteroatoms. The van der Waals surface area contributed by atoms with Crippen molar-refractivity contribution >= 4 is 23.2 Å². The van der Waals surface area contributed by atoms with E-state index in [9.17, 15) is 9.59 Å². The molecule has 1 unspecified atom stereocenters. The van der Waals surface area contributed by atoms with E-state index in [1.165, 1.54) is 5.56 Å². The number of benzene rings is 2. The van der Waals surface area contributed by atoms with E-state index in [1.54, 1.807) is 20.9 Å². The molecule has 1 aliphatic rings. The number of amides is 2. The number of nitrogens with zero attached hydrogens (tertiary/aromatic N) is 3. The summed E-state index contributed by atoms with van der Waals surface area (Å²) in [6.45, 7) is 6.92. The lowest BCUT2D eigenvalue weighted by atomic mass is 9.93. The van der Waals surface area contributed by atoms with Crippen LogP contribution in [-0.4, -0.2) is 32.0 Å². The maximum absolute atomic E-state index is 13.8. The number of hydrogen-bond donors (Lipinski definition) is 1. The highest BCUT2D eigenvalue weighted by Crippen LogP contribution is 2.33. The van der Waals surface area contributed by atoms with Crippen molar-refractivity contribution in [3.63, 3.8) is 0 Å². The summed E-state index contributed by atoms with van der Waals surface area (Å²) in [4.78, 5) is 30.2. The predicted octanol–water partition coefficient (Wildman–Crippen LogP) is 4.96. The van der Waals surface area contributed by atoms with Crippen LogP contribution in [0.2, 0.25) is 0 Å². The van der Waals surface area contributed by atoms with Gasteiger partial charge in [0.1, 0.15) is 16.9 Å². The Labute approximate surface area is 209 Å². The quantitative estimate of drug-likeness (QED) is 0.421. The number of aromatic nitrogens is 2. The Kier molecular flexibility index (Phi) is 6.03. The molecule has 0 saturated heterocycles. The van der Waals surface area contributed by atoms with Gasteiger partial charge in [0.2, 0.25) is 5.91 Å². The summed E-state index contributed by atoms with van der Waals surface area (Å²) >= 11 is 1.58. The van der Waals surface area contributed by atoms with Crippen molar-refractivity contribution in [2.75, 3.05) is 0 Å². The van der Waals surface area contributed by atoms with Crippen LogP contribution in [0.3, 0.4) is 0 Å². The van der Waals surface area contributed by atoms with Gasteiger partial charge in [-0.2, -0.15) is 5.10 Å². The molecule has 0 aliphatic carbocycles. The topological polar surface area (TPSA) is 67.2 Å². The van der Waals surface area contributed by atoms with Crippen molar-refractivity contribution in [1.82, 2.24) is 20.0 Å². The molecule has 35 heavy (non-hydrogen) atoms. The summed E-state index contributed by atoms with van der Waals surface area (Å²) in [5.74, 6) is -0.387. The van der Waals surface area contributed by atoms with Gasteiger partial charge in [-0.1, -0.05) is 60.2 Å². The minimum atomic E-state index is -1.10. The Morgan fingerprint density at radius 3 is 2.57 bits per heavy atom. The maximum atomic E-state index is 13.8. The lowest BCUT2D eigenvalue weighted by Crippen LogP contribution is -2.63. The van der Waals surface area contributed by atoms with Crippen LogP contribution >= 0.6 is 11.3 Å². The number of carbonyl (C=O) groups excluding carboxylic acids is 2. The van der Waals surface area contributed by atoms with Crippen molar-refractivity contribution in [3.8, 4) is 10.6 Å². The third-order valence-corrected chi connectivity index (χ3v) is 7.62. The molecule has 0 radical (unpaired) electrons. The Morgan fingerprint density at radius 1 is 1.09 bits per heavy atom. The predicted molar refractivity (Wildman–Crippen MR) is 138 cm³/mol. The van der Waals surface area contributed by atoms with Crippen LogP contribution < -0.4 is 5.32 Å². The van der Waals surface area contributed by atoms with E-state index in [1.807, 2.05) is 92.9 Å². The monoisotopic (exact) mass is 484 g/mol. The third-order valence-electron chi connectivity index (χ3n) is 6.72. The molecule has 0 spiro atoms. The molecule has 1 N–H and O–H groups in total. The van der Waals surface area contributed by atoms with E-state index in [4.69, 9.17) is 5.10 Å². The molecule has 3 heterocycles. The van der Waals surface area contributed by atoms with Crippen molar-refractivity contribution < 1.29 is 9.59 Å². The second-order valence-electron chi connectivity index (χ2n) is 9.31. The second-order valence-corrected chi connectivity index (χ2v) is 10.3. The molecule has 2 amide bonds. The van der Waals surface area contributed by atoms with Gasteiger partial charge in [0.05, 0.1) is 11.4 Å². The van der Waals surface area contributed by atoms with Crippen LogP contribution in [0, 0.1) is 13.8 Å². The molecule has 2 aromatic carbocycles. The highest BCUT2D eigenvalue weighted by molar-refractivity contribution is 7.13. The molecule has 0 fully saturated rings. The van der Waals surface area contributed by atoms with Gasteiger partial charge < -0.3 is 10.2 Å². The van der Waals surface area contributed by atoms with Crippen LogP contribution in [0.1, 0.15) is 39.7 Å². The summed E-state index contributed by atoms with van der Waals surface area (Å²) in [7, 11) is 0. The average Bonchev–Trinajstić information content (AvgIpc) is 3.52. The molecule has 0 bridgehead atoms. The van der Waals surface area contributed by atoms with Crippen LogP contribution in [-0.2, 0) is 24.4 Å². The van der Waals surface area contributed by atoms with E-state index in [-0.39, 0.29) is 18.4 Å². The summed E-state index contributed by atoms with van der Waals surface area (Å²) < 4.78 is 1.69. The Bertz CT molecular complexity index is 1370. The maximum Gasteiger partial charge on any atom is 0.273 e. The lowest BCUT2D eigenvalue weighted by Gasteiger charge is -2.43. The fraction of sp³-hybridized carbons (Fsp3) is 0.250. The van der Waals surface area contributed by atoms with Gasteiger partial charge >= 0.3 is 0 Å². The fourth-order valence-electron chi connectivity index (χ4n) is 4.47. The van der Waals surface area contributed by atoms with Crippen LogP contribution in [0.15, 0.2) is 72.1 Å². The van der Waals surface area contributed by atoms with Crippen LogP contribution in [0.25, 0.3) is 10.6 Å².